The number of carboxylic acid groups (broad SMARTS) is 1. The van der Waals surface area contributed by atoms with Gasteiger partial charge in [-0.2, -0.15) is 23.5 Å². The summed E-state index contributed by atoms with van der Waals surface area (Å²) in [5.74, 6) is 2.63. The maximum atomic E-state index is 12.3. The highest BCUT2D eigenvalue weighted by atomic mass is 79.9. The summed E-state index contributed by atoms with van der Waals surface area (Å²) in [7, 11) is -4.42. The van der Waals surface area contributed by atoms with Crippen molar-refractivity contribution in [2.75, 3.05) is 5.75 Å². The summed E-state index contributed by atoms with van der Waals surface area (Å²) >= 11 is 6.86. The molecule has 0 radical (unpaired) electrons. The Morgan fingerprint density at radius 1 is 1.00 bits per heavy atom. The van der Waals surface area contributed by atoms with Crippen LogP contribution in [-0.2, 0) is 42.2 Å². The average Bonchev–Trinajstić information content (AvgIpc) is 3.55. The maximum absolute atomic E-state index is 12.3. The molecule has 1 N–H and O–H groups in total. The van der Waals surface area contributed by atoms with Gasteiger partial charge in [-0.1, -0.05) is 52.3 Å². The summed E-state index contributed by atoms with van der Waals surface area (Å²) in [5.41, 5.74) is 3.88. The SMILES string of the molecule is O=C(O)CC1(CSCc2ccc(CSCc3ccc(CP(=O)(OF)OF)c(Br)c3)cc2)CC1. The van der Waals surface area contributed by atoms with Crippen LogP contribution in [0.1, 0.15) is 41.5 Å². The number of thioether (sulfide) groups is 2. The molecular weight excluding hydrogens is 557 g/mol. The van der Waals surface area contributed by atoms with Gasteiger partial charge in [0.25, 0.3) is 0 Å². The van der Waals surface area contributed by atoms with Crippen LogP contribution in [0.25, 0.3) is 0 Å². The zero-order valence-corrected chi connectivity index (χ0v) is 21.8. The first kappa shape index (κ1) is 26.7. The molecule has 1 saturated carbocycles. The molecule has 0 atom stereocenters. The minimum atomic E-state index is -4.42. The first-order chi connectivity index (χ1) is 15.8. The number of carboxylic acids is 1. The lowest BCUT2D eigenvalue weighted by atomic mass is 10.1. The second-order valence-electron chi connectivity index (χ2n) is 8.21. The summed E-state index contributed by atoms with van der Waals surface area (Å²) < 4.78 is 43.1. The Hall–Kier alpha value is -0.900. The van der Waals surface area contributed by atoms with Gasteiger partial charge in [-0.3, -0.25) is 9.36 Å². The molecule has 2 aromatic rings. The van der Waals surface area contributed by atoms with Gasteiger partial charge in [0.15, 0.2) is 0 Å². The molecule has 0 bridgehead atoms. The van der Waals surface area contributed by atoms with Gasteiger partial charge in [0.2, 0.25) is 0 Å². The van der Waals surface area contributed by atoms with Gasteiger partial charge in [0.05, 0.1) is 12.6 Å². The number of hydrogen-bond acceptors (Lipinski definition) is 6. The van der Waals surface area contributed by atoms with E-state index in [2.05, 4.69) is 49.7 Å². The van der Waals surface area contributed by atoms with Crippen molar-refractivity contribution < 1.29 is 33.0 Å². The van der Waals surface area contributed by atoms with E-state index in [-0.39, 0.29) is 11.8 Å². The van der Waals surface area contributed by atoms with Crippen LogP contribution in [0.5, 0.6) is 0 Å². The third-order valence-corrected chi connectivity index (χ3v) is 9.73. The Morgan fingerprint density at radius 3 is 2.06 bits per heavy atom. The fraction of sp³-hybridized carbons (Fsp3) is 0.409. The zero-order chi connectivity index (χ0) is 23.9. The smallest absolute Gasteiger partial charge is 0.399 e. The van der Waals surface area contributed by atoms with E-state index in [1.165, 1.54) is 11.1 Å². The third kappa shape index (κ3) is 8.37. The number of aliphatic carboxylic acids is 1. The molecule has 0 amide bonds. The fourth-order valence-electron chi connectivity index (χ4n) is 3.35. The van der Waals surface area contributed by atoms with E-state index in [1.807, 2.05) is 12.1 Å². The van der Waals surface area contributed by atoms with Crippen molar-refractivity contribution in [3.63, 3.8) is 0 Å². The molecule has 1 aliphatic carbocycles. The molecular formula is C22H24BrF2O5PS2. The van der Waals surface area contributed by atoms with Crippen LogP contribution in [0.4, 0.5) is 9.05 Å². The molecule has 0 spiro atoms. The first-order valence-corrected chi connectivity index (χ1v) is 15.0. The molecule has 1 fully saturated rings. The molecule has 5 nitrogen and oxygen atoms in total. The van der Waals surface area contributed by atoms with Gasteiger partial charge in [-0.05, 0) is 61.4 Å². The molecule has 0 aromatic heterocycles. The van der Waals surface area contributed by atoms with Crippen LogP contribution in [0, 0.1) is 5.41 Å². The maximum Gasteiger partial charge on any atom is 0.399 e. The summed E-state index contributed by atoms with van der Waals surface area (Å²) in [6, 6.07) is 13.7. The molecule has 0 heterocycles. The molecule has 0 saturated heterocycles. The van der Waals surface area contributed by atoms with Gasteiger partial charge < -0.3 is 5.11 Å². The normalized spacial score (nSPS) is 14.9. The largest absolute Gasteiger partial charge is 0.481 e. The average molecular weight is 581 g/mol. The number of benzene rings is 2. The minimum absolute atomic E-state index is 0.0159. The molecule has 180 valence electrons. The summed E-state index contributed by atoms with van der Waals surface area (Å²) in [6.45, 7) is 0. The Bertz CT molecular complexity index is 997. The highest BCUT2D eigenvalue weighted by Crippen LogP contribution is 2.53. The van der Waals surface area contributed by atoms with Gasteiger partial charge in [0, 0.05) is 21.7 Å². The lowest BCUT2D eigenvalue weighted by Gasteiger charge is -2.12. The molecule has 33 heavy (non-hydrogen) atoms. The second kappa shape index (κ2) is 12.2. The Kier molecular flexibility index (Phi) is 9.85. The standard InChI is InChI=1S/C22H24BrF2O5PS2/c23-20-9-18(5-6-19(20)11-31(28,29-24)30-25)14-32-12-16-1-3-17(4-2-16)13-33-15-22(7-8-22)10-21(26)27/h1-6,9H,7-8,10-15H2,(H,26,27). The number of rotatable bonds is 14. The Morgan fingerprint density at radius 2 is 1.55 bits per heavy atom. The highest BCUT2D eigenvalue weighted by Gasteiger charge is 2.44. The predicted octanol–water partition coefficient (Wildman–Crippen LogP) is 7.87. The van der Waals surface area contributed by atoms with Crippen molar-refractivity contribution in [3.05, 3.63) is 69.2 Å². The molecule has 11 heteroatoms. The number of halogens is 3. The van der Waals surface area contributed by atoms with E-state index < -0.39 is 19.7 Å². The third-order valence-electron chi connectivity index (χ3n) is 5.41. The lowest BCUT2D eigenvalue weighted by molar-refractivity contribution is -0.138. The van der Waals surface area contributed by atoms with Gasteiger partial charge in [-0.15, -0.1) is 9.46 Å². The van der Waals surface area contributed by atoms with E-state index in [0.717, 1.165) is 41.4 Å². The van der Waals surface area contributed by atoms with Gasteiger partial charge in [0.1, 0.15) is 0 Å². The van der Waals surface area contributed by atoms with Crippen molar-refractivity contribution >= 4 is 53.0 Å². The Labute approximate surface area is 208 Å². The van der Waals surface area contributed by atoms with Gasteiger partial charge >= 0.3 is 13.6 Å². The second-order valence-corrected chi connectivity index (χ2v) is 12.8. The quantitative estimate of drug-likeness (QED) is 0.228. The predicted molar refractivity (Wildman–Crippen MR) is 131 cm³/mol. The monoisotopic (exact) mass is 580 g/mol. The zero-order valence-electron chi connectivity index (χ0n) is 17.7. The lowest BCUT2D eigenvalue weighted by Crippen LogP contribution is -2.11. The molecule has 2 aromatic carbocycles. The van der Waals surface area contributed by atoms with Crippen LogP contribution >= 0.6 is 47.0 Å². The van der Waals surface area contributed by atoms with Gasteiger partial charge in [-0.25, -0.2) is 0 Å². The van der Waals surface area contributed by atoms with E-state index in [9.17, 15) is 18.4 Å². The van der Waals surface area contributed by atoms with Crippen LogP contribution in [0.15, 0.2) is 46.9 Å². The molecule has 0 aliphatic heterocycles. The summed E-state index contributed by atoms with van der Waals surface area (Å²) in [6.07, 6.45) is 1.79. The molecule has 0 unspecified atom stereocenters. The van der Waals surface area contributed by atoms with Crippen molar-refractivity contribution in [3.8, 4) is 0 Å². The van der Waals surface area contributed by atoms with Crippen molar-refractivity contribution in [2.45, 2.75) is 42.7 Å². The summed E-state index contributed by atoms with van der Waals surface area (Å²) in [5, 5.41) is 9.01. The van der Waals surface area contributed by atoms with Crippen LogP contribution in [-0.4, -0.2) is 16.8 Å². The van der Waals surface area contributed by atoms with Crippen LogP contribution in [0.2, 0.25) is 0 Å². The minimum Gasteiger partial charge on any atom is -0.481 e. The van der Waals surface area contributed by atoms with Crippen molar-refractivity contribution in [1.29, 1.82) is 0 Å². The van der Waals surface area contributed by atoms with Crippen LogP contribution < -0.4 is 0 Å². The first-order valence-electron chi connectivity index (χ1n) is 10.2. The van der Waals surface area contributed by atoms with Crippen LogP contribution in [0.3, 0.4) is 0 Å². The topological polar surface area (TPSA) is 72.8 Å². The van der Waals surface area contributed by atoms with Crippen molar-refractivity contribution in [1.82, 2.24) is 0 Å². The number of hydrogen-bond donors (Lipinski definition) is 1. The molecule has 1 aliphatic rings. The van der Waals surface area contributed by atoms with E-state index in [4.69, 9.17) is 5.11 Å². The fourth-order valence-corrected chi connectivity index (χ4v) is 7.24. The number of carbonyl (C=O) groups is 1. The van der Waals surface area contributed by atoms with E-state index in [0.29, 0.717) is 10.0 Å². The van der Waals surface area contributed by atoms with E-state index in [1.54, 1.807) is 29.6 Å². The Balaban J connectivity index is 1.42. The van der Waals surface area contributed by atoms with E-state index >= 15 is 0 Å². The van der Waals surface area contributed by atoms with Crippen molar-refractivity contribution in [2.24, 2.45) is 5.41 Å². The summed E-state index contributed by atoms with van der Waals surface area (Å²) in [4.78, 5) is 10.9. The molecule has 3 rings (SSSR count). The highest BCUT2D eigenvalue weighted by molar-refractivity contribution is 9.10.